The van der Waals surface area contributed by atoms with Gasteiger partial charge in [-0.2, -0.15) is 5.10 Å². The third-order valence-electron chi connectivity index (χ3n) is 5.31. The van der Waals surface area contributed by atoms with Crippen LogP contribution in [0.5, 0.6) is 0 Å². The number of rotatable bonds is 5. The molecule has 0 N–H and O–H groups in total. The van der Waals surface area contributed by atoms with Gasteiger partial charge in [0.15, 0.2) is 5.78 Å². The van der Waals surface area contributed by atoms with Gasteiger partial charge < -0.3 is 0 Å². The standard InChI is InChI=1S/C28H25BrN2O/c1-28(2,3)23-15-12-20(13-16-23)26(32)17-14-22-19-31(25-10-5-4-6-11-25)30-27(22)21-8-7-9-24(29)18-21/h4-19H,1-3H3/b17-14+. The number of aromatic nitrogens is 2. The van der Waals surface area contributed by atoms with E-state index in [0.29, 0.717) is 5.56 Å². The van der Waals surface area contributed by atoms with Crippen LogP contribution in [-0.4, -0.2) is 15.6 Å². The first kappa shape index (κ1) is 22.0. The lowest BCUT2D eigenvalue weighted by molar-refractivity contribution is 0.104. The normalized spacial score (nSPS) is 11.8. The molecule has 0 atom stereocenters. The molecule has 3 aromatic carbocycles. The van der Waals surface area contributed by atoms with E-state index in [4.69, 9.17) is 5.10 Å². The lowest BCUT2D eigenvalue weighted by atomic mass is 9.86. The Kier molecular flexibility index (Phi) is 6.24. The lowest BCUT2D eigenvalue weighted by Crippen LogP contribution is -2.11. The minimum Gasteiger partial charge on any atom is -0.289 e. The summed E-state index contributed by atoms with van der Waals surface area (Å²) < 4.78 is 2.83. The van der Waals surface area contributed by atoms with Gasteiger partial charge in [0.2, 0.25) is 0 Å². The van der Waals surface area contributed by atoms with E-state index >= 15 is 0 Å². The van der Waals surface area contributed by atoms with Gasteiger partial charge in [-0.15, -0.1) is 0 Å². The SMILES string of the molecule is CC(C)(C)c1ccc(C(=O)/C=C/c2cn(-c3ccccc3)nc2-c2cccc(Br)c2)cc1. The Bertz CT molecular complexity index is 1260. The lowest BCUT2D eigenvalue weighted by Gasteiger charge is -2.18. The fourth-order valence-corrected chi connectivity index (χ4v) is 3.88. The van der Waals surface area contributed by atoms with Crippen molar-refractivity contribution in [3.05, 3.63) is 112 Å². The average molecular weight is 485 g/mol. The van der Waals surface area contributed by atoms with Gasteiger partial charge in [-0.25, -0.2) is 4.68 Å². The molecule has 3 nitrogen and oxygen atoms in total. The Labute approximate surface area is 197 Å². The first-order valence-electron chi connectivity index (χ1n) is 10.6. The maximum Gasteiger partial charge on any atom is 0.185 e. The van der Waals surface area contributed by atoms with Crippen molar-refractivity contribution in [3.63, 3.8) is 0 Å². The minimum absolute atomic E-state index is 0.0295. The highest BCUT2D eigenvalue weighted by atomic mass is 79.9. The Hall–Kier alpha value is -3.24. The van der Waals surface area contributed by atoms with Crippen LogP contribution in [0.25, 0.3) is 23.0 Å². The van der Waals surface area contributed by atoms with Crippen molar-refractivity contribution in [1.29, 1.82) is 0 Å². The quantitative estimate of drug-likeness (QED) is 0.217. The molecule has 4 rings (SSSR count). The van der Waals surface area contributed by atoms with Crippen LogP contribution in [0.3, 0.4) is 0 Å². The van der Waals surface area contributed by atoms with E-state index in [-0.39, 0.29) is 11.2 Å². The number of carbonyl (C=O) groups is 1. The summed E-state index contributed by atoms with van der Waals surface area (Å²) in [6, 6.07) is 25.8. The molecule has 0 spiro atoms. The van der Waals surface area contributed by atoms with Gasteiger partial charge in [-0.3, -0.25) is 4.79 Å². The highest BCUT2D eigenvalue weighted by Crippen LogP contribution is 2.27. The molecule has 160 valence electrons. The maximum atomic E-state index is 12.8. The van der Waals surface area contributed by atoms with Crippen LogP contribution in [0.2, 0.25) is 0 Å². The van der Waals surface area contributed by atoms with Crippen molar-refractivity contribution in [2.75, 3.05) is 0 Å². The third kappa shape index (κ3) is 4.97. The molecule has 1 heterocycles. The molecule has 0 aliphatic heterocycles. The van der Waals surface area contributed by atoms with Crippen LogP contribution in [0.15, 0.2) is 95.6 Å². The first-order chi connectivity index (χ1) is 15.3. The van der Waals surface area contributed by atoms with Crippen LogP contribution < -0.4 is 0 Å². The van der Waals surface area contributed by atoms with Gasteiger partial charge in [0.25, 0.3) is 0 Å². The van der Waals surface area contributed by atoms with Crippen molar-refractivity contribution in [2.45, 2.75) is 26.2 Å². The largest absolute Gasteiger partial charge is 0.289 e. The number of ketones is 1. The number of hydrogen-bond acceptors (Lipinski definition) is 2. The molecule has 4 heteroatoms. The van der Waals surface area contributed by atoms with E-state index in [1.807, 2.05) is 95.8 Å². The summed E-state index contributed by atoms with van der Waals surface area (Å²) in [6.07, 6.45) is 5.43. The maximum absolute atomic E-state index is 12.8. The smallest absolute Gasteiger partial charge is 0.185 e. The Balaban J connectivity index is 1.68. The van der Waals surface area contributed by atoms with Gasteiger partial charge in [0, 0.05) is 27.4 Å². The Morgan fingerprint density at radius 3 is 2.31 bits per heavy atom. The third-order valence-corrected chi connectivity index (χ3v) is 5.80. The zero-order valence-electron chi connectivity index (χ0n) is 18.4. The predicted octanol–water partition coefficient (Wildman–Crippen LogP) is 7.50. The van der Waals surface area contributed by atoms with Gasteiger partial charge >= 0.3 is 0 Å². The van der Waals surface area contributed by atoms with Crippen LogP contribution in [0.4, 0.5) is 0 Å². The highest BCUT2D eigenvalue weighted by molar-refractivity contribution is 9.10. The number of carbonyl (C=O) groups excluding carboxylic acids is 1. The van der Waals surface area contributed by atoms with E-state index < -0.39 is 0 Å². The summed E-state index contributed by atoms with van der Waals surface area (Å²) in [6.45, 7) is 6.49. The number of nitrogens with zero attached hydrogens (tertiary/aromatic N) is 2. The van der Waals surface area contributed by atoms with Crippen molar-refractivity contribution in [2.24, 2.45) is 0 Å². The monoisotopic (exact) mass is 484 g/mol. The zero-order valence-corrected chi connectivity index (χ0v) is 20.0. The van der Waals surface area contributed by atoms with Crippen molar-refractivity contribution < 1.29 is 4.79 Å². The molecular weight excluding hydrogens is 460 g/mol. The molecule has 0 bridgehead atoms. The van der Waals surface area contributed by atoms with Crippen molar-refractivity contribution >= 4 is 27.8 Å². The zero-order chi connectivity index (χ0) is 22.7. The molecule has 0 radical (unpaired) electrons. The topological polar surface area (TPSA) is 34.9 Å². The van der Waals surface area contributed by atoms with Crippen LogP contribution in [0.1, 0.15) is 42.3 Å². The molecule has 0 fully saturated rings. The van der Waals surface area contributed by atoms with E-state index in [0.717, 1.165) is 27.0 Å². The molecule has 0 aliphatic rings. The second kappa shape index (κ2) is 9.09. The predicted molar refractivity (Wildman–Crippen MR) is 135 cm³/mol. The molecule has 4 aromatic rings. The summed E-state index contributed by atoms with van der Waals surface area (Å²) in [5.74, 6) is -0.0295. The molecular formula is C28H25BrN2O. The summed E-state index contributed by atoms with van der Waals surface area (Å²) in [5.41, 5.74) is 5.59. The minimum atomic E-state index is -0.0295. The fraction of sp³-hybridized carbons (Fsp3) is 0.143. The number of halogens is 1. The Morgan fingerprint density at radius 1 is 0.938 bits per heavy atom. The van der Waals surface area contributed by atoms with Gasteiger partial charge in [0.05, 0.1) is 11.4 Å². The molecule has 0 unspecified atom stereocenters. The van der Waals surface area contributed by atoms with Crippen LogP contribution >= 0.6 is 15.9 Å². The highest BCUT2D eigenvalue weighted by Gasteiger charge is 2.14. The Morgan fingerprint density at radius 2 is 1.66 bits per heavy atom. The molecule has 0 saturated carbocycles. The first-order valence-corrected chi connectivity index (χ1v) is 11.3. The number of hydrogen-bond donors (Lipinski definition) is 0. The molecule has 0 amide bonds. The van der Waals surface area contributed by atoms with Gasteiger partial charge in [-0.05, 0) is 47.4 Å². The second-order valence-electron chi connectivity index (χ2n) is 8.75. The number of benzene rings is 3. The van der Waals surface area contributed by atoms with Crippen molar-refractivity contribution in [1.82, 2.24) is 9.78 Å². The van der Waals surface area contributed by atoms with E-state index in [1.165, 1.54) is 5.56 Å². The van der Waals surface area contributed by atoms with E-state index in [2.05, 4.69) is 36.7 Å². The van der Waals surface area contributed by atoms with Gasteiger partial charge in [0.1, 0.15) is 0 Å². The second-order valence-corrected chi connectivity index (χ2v) is 9.66. The average Bonchev–Trinajstić information content (AvgIpc) is 3.22. The summed E-state index contributed by atoms with van der Waals surface area (Å²) in [5, 5.41) is 4.81. The van der Waals surface area contributed by atoms with Crippen LogP contribution in [0, 0.1) is 0 Å². The number of para-hydroxylation sites is 1. The molecule has 0 aliphatic carbocycles. The summed E-state index contributed by atoms with van der Waals surface area (Å²) in [4.78, 5) is 12.8. The molecule has 0 saturated heterocycles. The van der Waals surface area contributed by atoms with E-state index in [1.54, 1.807) is 6.08 Å². The molecule has 1 aromatic heterocycles. The van der Waals surface area contributed by atoms with Gasteiger partial charge in [-0.1, -0.05) is 91.3 Å². The number of allylic oxidation sites excluding steroid dienone is 1. The summed E-state index contributed by atoms with van der Waals surface area (Å²) >= 11 is 3.54. The summed E-state index contributed by atoms with van der Waals surface area (Å²) in [7, 11) is 0. The fourth-order valence-electron chi connectivity index (χ4n) is 3.48. The van der Waals surface area contributed by atoms with E-state index in [9.17, 15) is 4.79 Å². The molecule has 32 heavy (non-hydrogen) atoms. The van der Waals surface area contributed by atoms with Crippen molar-refractivity contribution in [3.8, 4) is 16.9 Å². The van der Waals surface area contributed by atoms with Crippen LogP contribution in [-0.2, 0) is 5.41 Å².